The van der Waals surface area contributed by atoms with Crippen LogP contribution in [0.2, 0.25) is 0 Å². The van der Waals surface area contributed by atoms with E-state index in [-0.39, 0.29) is 5.91 Å². The highest BCUT2D eigenvalue weighted by molar-refractivity contribution is 5.95. The van der Waals surface area contributed by atoms with Gasteiger partial charge >= 0.3 is 0 Å². The number of rotatable bonds is 1. The number of carbonyl (C=O) groups is 1. The molecule has 0 radical (unpaired) electrons. The predicted molar refractivity (Wildman–Crippen MR) is 62.5 cm³/mol. The minimum atomic E-state index is 0.000916. The number of hydrogen-bond acceptors (Lipinski definition) is 4. The van der Waals surface area contributed by atoms with E-state index in [2.05, 4.69) is 10.3 Å². The molecule has 1 fully saturated rings. The lowest BCUT2D eigenvalue weighted by Crippen LogP contribution is -2.46. The van der Waals surface area contributed by atoms with Crippen LogP contribution in [0.4, 0.5) is 0 Å². The minimum Gasteiger partial charge on any atom is -0.336 e. The topological polar surface area (TPSA) is 69.0 Å². The molecule has 2 heterocycles. The summed E-state index contributed by atoms with van der Waals surface area (Å²) in [5, 5.41) is 11.9. The molecule has 17 heavy (non-hydrogen) atoms. The molecular formula is C12H14N4O. The van der Waals surface area contributed by atoms with Gasteiger partial charge in [0.25, 0.3) is 5.91 Å². The lowest BCUT2D eigenvalue weighted by molar-refractivity contribution is 0.0734. The quantitative estimate of drug-likeness (QED) is 0.753. The highest BCUT2D eigenvalue weighted by atomic mass is 16.2. The van der Waals surface area contributed by atoms with Crippen molar-refractivity contribution < 1.29 is 4.79 Å². The Morgan fingerprint density at radius 3 is 2.76 bits per heavy atom. The summed E-state index contributed by atoms with van der Waals surface area (Å²) in [5.41, 5.74) is 1.55. The summed E-state index contributed by atoms with van der Waals surface area (Å²) >= 11 is 0. The highest BCUT2D eigenvalue weighted by Gasteiger charge is 2.19. The Hall–Kier alpha value is -1.93. The summed E-state index contributed by atoms with van der Waals surface area (Å²) in [7, 11) is 0. The second-order valence-corrected chi connectivity index (χ2v) is 3.98. The standard InChI is InChI=1S/C12H14N4O/c1-9-11(3-2-10(8-13)15-9)12(17)16-6-4-14-5-7-16/h2-3,14H,4-7H2,1H3. The van der Waals surface area contributed by atoms with Gasteiger partial charge in [0.2, 0.25) is 0 Å². The molecule has 2 rings (SSSR count). The van der Waals surface area contributed by atoms with Gasteiger partial charge in [0.05, 0.1) is 11.3 Å². The second-order valence-electron chi connectivity index (χ2n) is 3.98. The molecule has 5 heteroatoms. The van der Waals surface area contributed by atoms with Gasteiger partial charge in [-0.3, -0.25) is 4.79 Å². The lowest BCUT2D eigenvalue weighted by atomic mass is 10.1. The van der Waals surface area contributed by atoms with Crippen LogP contribution < -0.4 is 5.32 Å². The third kappa shape index (κ3) is 2.43. The molecule has 0 atom stereocenters. The first-order valence-electron chi connectivity index (χ1n) is 5.60. The van der Waals surface area contributed by atoms with E-state index in [9.17, 15) is 4.79 Å². The summed E-state index contributed by atoms with van der Waals surface area (Å²) in [6.45, 7) is 4.86. The molecule has 1 N–H and O–H groups in total. The third-order valence-electron chi connectivity index (χ3n) is 2.83. The van der Waals surface area contributed by atoms with Crippen molar-refractivity contribution in [1.29, 1.82) is 5.26 Å². The Morgan fingerprint density at radius 1 is 1.47 bits per heavy atom. The molecular weight excluding hydrogens is 216 g/mol. The van der Waals surface area contributed by atoms with E-state index in [4.69, 9.17) is 5.26 Å². The zero-order valence-corrected chi connectivity index (χ0v) is 9.73. The molecule has 1 saturated heterocycles. The van der Waals surface area contributed by atoms with Crippen LogP contribution in [-0.4, -0.2) is 42.0 Å². The zero-order chi connectivity index (χ0) is 12.3. The van der Waals surface area contributed by atoms with Crippen molar-refractivity contribution in [3.05, 3.63) is 29.1 Å². The molecule has 0 bridgehead atoms. The van der Waals surface area contributed by atoms with Gasteiger partial charge in [-0.25, -0.2) is 4.98 Å². The molecule has 1 aromatic heterocycles. The first-order chi connectivity index (χ1) is 8.22. The molecule has 1 aliphatic rings. The van der Waals surface area contributed by atoms with Gasteiger partial charge in [-0.1, -0.05) is 0 Å². The number of nitrogens with one attached hydrogen (secondary N) is 1. The summed E-state index contributed by atoms with van der Waals surface area (Å²) in [5.74, 6) is 0.000916. The number of hydrogen-bond donors (Lipinski definition) is 1. The normalized spacial score (nSPS) is 15.4. The van der Waals surface area contributed by atoms with Crippen LogP contribution in [0.5, 0.6) is 0 Å². The molecule has 1 aromatic rings. The molecule has 1 amide bonds. The lowest BCUT2D eigenvalue weighted by Gasteiger charge is -2.27. The van der Waals surface area contributed by atoms with Crippen LogP contribution in [0, 0.1) is 18.3 Å². The SMILES string of the molecule is Cc1nc(C#N)ccc1C(=O)N1CCNCC1. The molecule has 5 nitrogen and oxygen atoms in total. The maximum atomic E-state index is 12.2. The van der Waals surface area contributed by atoms with Crippen molar-refractivity contribution in [2.45, 2.75) is 6.92 Å². The minimum absolute atomic E-state index is 0.000916. The van der Waals surface area contributed by atoms with Crippen LogP contribution in [-0.2, 0) is 0 Å². The third-order valence-corrected chi connectivity index (χ3v) is 2.83. The predicted octanol–water partition coefficient (Wildman–Crippen LogP) is 0.307. The van der Waals surface area contributed by atoms with Crippen LogP contribution in [0.3, 0.4) is 0 Å². The van der Waals surface area contributed by atoms with Crippen molar-refractivity contribution >= 4 is 5.91 Å². The maximum Gasteiger partial charge on any atom is 0.255 e. The monoisotopic (exact) mass is 230 g/mol. The van der Waals surface area contributed by atoms with Crippen molar-refractivity contribution in [2.24, 2.45) is 0 Å². The van der Waals surface area contributed by atoms with Gasteiger partial charge in [0.15, 0.2) is 0 Å². The van der Waals surface area contributed by atoms with E-state index >= 15 is 0 Å². The van der Waals surface area contributed by atoms with Crippen molar-refractivity contribution in [1.82, 2.24) is 15.2 Å². The van der Waals surface area contributed by atoms with E-state index in [0.717, 1.165) is 26.2 Å². The van der Waals surface area contributed by atoms with Crippen molar-refractivity contribution in [3.8, 4) is 6.07 Å². The van der Waals surface area contributed by atoms with Gasteiger partial charge < -0.3 is 10.2 Å². The van der Waals surface area contributed by atoms with E-state index in [0.29, 0.717) is 17.0 Å². The number of pyridine rings is 1. The van der Waals surface area contributed by atoms with Crippen molar-refractivity contribution in [2.75, 3.05) is 26.2 Å². The summed E-state index contributed by atoms with van der Waals surface area (Å²) < 4.78 is 0. The van der Waals surface area contributed by atoms with Crippen LogP contribution in [0.15, 0.2) is 12.1 Å². The average Bonchev–Trinajstić information content (AvgIpc) is 2.39. The molecule has 0 unspecified atom stereocenters. The Balaban J connectivity index is 2.22. The fourth-order valence-corrected chi connectivity index (χ4v) is 1.89. The van der Waals surface area contributed by atoms with Gasteiger partial charge in [0.1, 0.15) is 11.8 Å². The highest BCUT2D eigenvalue weighted by Crippen LogP contribution is 2.10. The Labute approximate surface area is 100 Å². The number of carbonyl (C=O) groups excluding carboxylic acids is 1. The van der Waals surface area contributed by atoms with Crippen molar-refractivity contribution in [3.63, 3.8) is 0 Å². The zero-order valence-electron chi connectivity index (χ0n) is 9.73. The average molecular weight is 230 g/mol. The number of nitrogens with zero attached hydrogens (tertiary/aromatic N) is 3. The fraction of sp³-hybridized carbons (Fsp3) is 0.417. The van der Waals surface area contributed by atoms with Crippen LogP contribution in [0.25, 0.3) is 0 Å². The summed E-state index contributed by atoms with van der Waals surface area (Å²) in [4.78, 5) is 18.1. The van der Waals surface area contributed by atoms with Crippen LogP contribution in [0.1, 0.15) is 21.7 Å². The maximum absolute atomic E-state index is 12.2. The number of aromatic nitrogens is 1. The van der Waals surface area contributed by atoms with Crippen LogP contribution >= 0.6 is 0 Å². The largest absolute Gasteiger partial charge is 0.336 e. The van der Waals surface area contributed by atoms with E-state index in [1.54, 1.807) is 19.1 Å². The molecule has 1 aliphatic heterocycles. The van der Waals surface area contributed by atoms with E-state index < -0.39 is 0 Å². The Bertz CT molecular complexity index is 472. The molecule has 0 aliphatic carbocycles. The van der Waals surface area contributed by atoms with Gasteiger partial charge in [-0.05, 0) is 19.1 Å². The van der Waals surface area contributed by atoms with Gasteiger partial charge in [-0.2, -0.15) is 5.26 Å². The number of nitriles is 1. The molecule has 0 saturated carbocycles. The number of piperazine rings is 1. The van der Waals surface area contributed by atoms with Gasteiger partial charge in [0, 0.05) is 26.2 Å². The Morgan fingerprint density at radius 2 is 2.18 bits per heavy atom. The number of aryl methyl sites for hydroxylation is 1. The van der Waals surface area contributed by atoms with E-state index in [1.165, 1.54) is 0 Å². The van der Waals surface area contributed by atoms with Gasteiger partial charge in [-0.15, -0.1) is 0 Å². The molecule has 88 valence electrons. The Kier molecular flexibility index (Phi) is 3.35. The second kappa shape index (κ2) is 4.93. The first kappa shape index (κ1) is 11.6. The summed E-state index contributed by atoms with van der Waals surface area (Å²) in [6, 6.07) is 5.24. The smallest absolute Gasteiger partial charge is 0.255 e. The fourth-order valence-electron chi connectivity index (χ4n) is 1.89. The van der Waals surface area contributed by atoms with E-state index in [1.807, 2.05) is 11.0 Å². The molecule has 0 aromatic carbocycles. The molecule has 0 spiro atoms. The number of amides is 1. The summed E-state index contributed by atoms with van der Waals surface area (Å²) in [6.07, 6.45) is 0. The first-order valence-corrected chi connectivity index (χ1v) is 5.60.